The monoisotopic (exact) mass is 429 g/mol. The van der Waals surface area contributed by atoms with Gasteiger partial charge in [0.15, 0.2) is 5.78 Å². The van der Waals surface area contributed by atoms with Crippen molar-refractivity contribution in [2.45, 2.75) is 59.2 Å². The molecule has 1 N–H and O–H groups in total. The molecule has 0 amide bonds. The maximum Gasteiger partial charge on any atom is 0.179 e. The van der Waals surface area contributed by atoms with Gasteiger partial charge in [0.1, 0.15) is 0 Å². The summed E-state index contributed by atoms with van der Waals surface area (Å²) in [5, 5.41) is 16.4. The number of ketones is 1. The average Bonchev–Trinajstić information content (AvgIpc) is 3.05. The SMILES string of the molecule is Cc1ccc2c(c1)c1c(n2C[C@@H](O)Cn2nc(C)c(Br)c2C)C(=O)CCC1. The van der Waals surface area contributed by atoms with Gasteiger partial charge in [0, 0.05) is 23.0 Å². The van der Waals surface area contributed by atoms with Gasteiger partial charge in [-0.1, -0.05) is 11.6 Å². The first-order valence-corrected chi connectivity index (χ1v) is 10.2. The summed E-state index contributed by atoms with van der Waals surface area (Å²) in [6.07, 6.45) is 1.78. The number of Topliss-reactive ketones (excluding diaryl/α,β-unsaturated/α-hetero) is 1. The summed E-state index contributed by atoms with van der Waals surface area (Å²) >= 11 is 3.53. The molecule has 0 unspecified atom stereocenters. The number of aryl methyl sites for hydroxylation is 3. The molecule has 0 aliphatic heterocycles. The quantitative estimate of drug-likeness (QED) is 0.678. The smallest absolute Gasteiger partial charge is 0.179 e. The lowest BCUT2D eigenvalue weighted by Crippen LogP contribution is -2.26. The number of hydrogen-bond donors (Lipinski definition) is 1. The van der Waals surface area contributed by atoms with Gasteiger partial charge in [-0.25, -0.2) is 0 Å². The van der Waals surface area contributed by atoms with E-state index in [0.29, 0.717) is 19.5 Å². The highest BCUT2D eigenvalue weighted by Crippen LogP contribution is 2.33. The van der Waals surface area contributed by atoms with Crippen molar-refractivity contribution < 1.29 is 9.90 Å². The Hall–Kier alpha value is -1.92. The fourth-order valence-corrected chi connectivity index (χ4v) is 4.45. The Morgan fingerprint density at radius 3 is 2.70 bits per heavy atom. The largest absolute Gasteiger partial charge is 0.389 e. The number of carbonyl (C=O) groups is 1. The van der Waals surface area contributed by atoms with E-state index in [-0.39, 0.29) is 5.78 Å². The van der Waals surface area contributed by atoms with Crippen LogP contribution in [0.2, 0.25) is 0 Å². The van der Waals surface area contributed by atoms with Crippen LogP contribution in [0, 0.1) is 20.8 Å². The second kappa shape index (κ2) is 6.91. The van der Waals surface area contributed by atoms with Crippen molar-refractivity contribution in [1.82, 2.24) is 14.3 Å². The highest BCUT2D eigenvalue weighted by atomic mass is 79.9. The molecule has 0 saturated carbocycles. The summed E-state index contributed by atoms with van der Waals surface area (Å²) in [6.45, 7) is 6.78. The Kier molecular flexibility index (Phi) is 4.72. The predicted octanol–water partition coefficient (Wildman–Crippen LogP) is 4.11. The molecule has 1 atom stereocenters. The molecule has 0 saturated heterocycles. The zero-order valence-electron chi connectivity index (χ0n) is 15.9. The van der Waals surface area contributed by atoms with Gasteiger partial charge in [-0.2, -0.15) is 5.10 Å². The Labute approximate surface area is 167 Å². The number of aliphatic hydroxyl groups is 1. The minimum atomic E-state index is -0.634. The van der Waals surface area contributed by atoms with E-state index in [4.69, 9.17) is 0 Å². The third-order valence-electron chi connectivity index (χ3n) is 5.49. The molecule has 2 heterocycles. The van der Waals surface area contributed by atoms with Crippen molar-refractivity contribution in [1.29, 1.82) is 0 Å². The fraction of sp³-hybridized carbons (Fsp3) is 0.429. The molecule has 1 aliphatic rings. The van der Waals surface area contributed by atoms with Crippen LogP contribution in [-0.4, -0.2) is 31.3 Å². The van der Waals surface area contributed by atoms with E-state index < -0.39 is 6.10 Å². The molecule has 0 fully saturated rings. The van der Waals surface area contributed by atoms with E-state index >= 15 is 0 Å². The van der Waals surface area contributed by atoms with Crippen molar-refractivity contribution in [3.8, 4) is 0 Å². The lowest BCUT2D eigenvalue weighted by atomic mass is 9.94. The molecule has 27 heavy (non-hydrogen) atoms. The van der Waals surface area contributed by atoms with Gasteiger partial charge in [0.25, 0.3) is 0 Å². The number of aliphatic hydroxyl groups excluding tert-OH is 1. The van der Waals surface area contributed by atoms with Gasteiger partial charge in [-0.3, -0.25) is 9.48 Å². The summed E-state index contributed by atoms with van der Waals surface area (Å²) in [5.74, 6) is 0.186. The molecule has 6 heteroatoms. The zero-order chi connectivity index (χ0) is 19.3. The molecule has 5 nitrogen and oxygen atoms in total. The van der Waals surface area contributed by atoms with E-state index in [1.54, 1.807) is 0 Å². The minimum Gasteiger partial charge on any atom is -0.389 e. The third-order valence-corrected chi connectivity index (χ3v) is 6.64. The molecule has 0 spiro atoms. The van der Waals surface area contributed by atoms with E-state index in [2.05, 4.69) is 46.2 Å². The molecule has 0 radical (unpaired) electrons. The van der Waals surface area contributed by atoms with Gasteiger partial charge < -0.3 is 9.67 Å². The first-order valence-electron chi connectivity index (χ1n) is 9.39. The Balaban J connectivity index is 1.72. The second-order valence-electron chi connectivity index (χ2n) is 7.56. The molecular formula is C21H24BrN3O2. The van der Waals surface area contributed by atoms with E-state index in [1.165, 1.54) is 5.56 Å². The van der Waals surface area contributed by atoms with Gasteiger partial charge in [-0.05, 0) is 67.2 Å². The summed E-state index contributed by atoms with van der Waals surface area (Å²) < 4.78 is 4.83. The van der Waals surface area contributed by atoms with Gasteiger partial charge in [0.05, 0.1) is 35.1 Å². The maximum absolute atomic E-state index is 12.7. The summed E-state index contributed by atoms with van der Waals surface area (Å²) in [6, 6.07) is 6.30. The third kappa shape index (κ3) is 3.15. The number of benzene rings is 1. The summed E-state index contributed by atoms with van der Waals surface area (Å²) in [7, 11) is 0. The van der Waals surface area contributed by atoms with Crippen LogP contribution in [-0.2, 0) is 19.5 Å². The minimum absolute atomic E-state index is 0.186. The van der Waals surface area contributed by atoms with Crippen LogP contribution in [0.3, 0.4) is 0 Å². The van der Waals surface area contributed by atoms with E-state index in [9.17, 15) is 9.90 Å². The van der Waals surface area contributed by atoms with Crippen LogP contribution in [0.1, 0.15) is 45.8 Å². The lowest BCUT2D eigenvalue weighted by molar-refractivity contribution is 0.0952. The van der Waals surface area contributed by atoms with E-state index in [1.807, 2.05) is 23.1 Å². The van der Waals surface area contributed by atoms with Crippen LogP contribution >= 0.6 is 15.9 Å². The molecule has 2 aromatic heterocycles. The van der Waals surface area contributed by atoms with Crippen molar-refractivity contribution in [2.75, 3.05) is 0 Å². The normalized spacial score (nSPS) is 15.4. The lowest BCUT2D eigenvalue weighted by Gasteiger charge is -2.18. The van der Waals surface area contributed by atoms with Crippen LogP contribution < -0.4 is 0 Å². The molecular weight excluding hydrogens is 406 g/mol. The van der Waals surface area contributed by atoms with Crippen molar-refractivity contribution >= 4 is 32.6 Å². The summed E-state index contributed by atoms with van der Waals surface area (Å²) in [4.78, 5) is 12.7. The van der Waals surface area contributed by atoms with Crippen molar-refractivity contribution in [3.63, 3.8) is 0 Å². The summed E-state index contributed by atoms with van der Waals surface area (Å²) in [5.41, 5.74) is 6.07. The first-order chi connectivity index (χ1) is 12.9. The zero-order valence-corrected chi connectivity index (χ0v) is 17.5. The average molecular weight is 430 g/mol. The highest BCUT2D eigenvalue weighted by molar-refractivity contribution is 9.10. The fourth-order valence-electron chi connectivity index (χ4n) is 4.16. The molecule has 0 bridgehead atoms. The first kappa shape index (κ1) is 18.4. The number of nitrogens with zero attached hydrogens (tertiary/aromatic N) is 3. The molecule has 3 aromatic rings. The van der Waals surface area contributed by atoms with Gasteiger partial charge in [-0.15, -0.1) is 0 Å². The Morgan fingerprint density at radius 2 is 2.00 bits per heavy atom. The van der Waals surface area contributed by atoms with E-state index in [0.717, 1.165) is 50.9 Å². The number of aromatic nitrogens is 3. The number of halogens is 1. The standard InChI is InChI=1S/C21H24BrN3O2/c1-12-7-8-18-17(9-12)16-5-4-6-19(27)21(16)24(18)10-15(26)11-25-14(3)20(22)13(2)23-25/h7-9,15,26H,4-6,10-11H2,1-3H3/t15-/m1/s1. The maximum atomic E-state index is 12.7. The van der Waals surface area contributed by atoms with Crippen LogP contribution in [0.25, 0.3) is 10.9 Å². The van der Waals surface area contributed by atoms with Crippen LogP contribution in [0.5, 0.6) is 0 Å². The topological polar surface area (TPSA) is 60.1 Å². The Morgan fingerprint density at radius 1 is 1.22 bits per heavy atom. The van der Waals surface area contributed by atoms with Crippen LogP contribution in [0.15, 0.2) is 22.7 Å². The number of fused-ring (bicyclic) bond motifs is 3. The van der Waals surface area contributed by atoms with Gasteiger partial charge >= 0.3 is 0 Å². The number of carbonyl (C=O) groups excluding carboxylic acids is 1. The number of rotatable bonds is 4. The van der Waals surface area contributed by atoms with Crippen LogP contribution in [0.4, 0.5) is 0 Å². The molecule has 142 valence electrons. The predicted molar refractivity (Wildman–Crippen MR) is 109 cm³/mol. The second-order valence-corrected chi connectivity index (χ2v) is 8.35. The van der Waals surface area contributed by atoms with Crippen molar-refractivity contribution in [2.24, 2.45) is 0 Å². The Bertz CT molecular complexity index is 1050. The molecule has 4 rings (SSSR count). The van der Waals surface area contributed by atoms with Gasteiger partial charge in [0.2, 0.25) is 0 Å². The highest BCUT2D eigenvalue weighted by Gasteiger charge is 2.27. The molecule has 1 aliphatic carbocycles. The van der Waals surface area contributed by atoms with Crippen molar-refractivity contribution in [3.05, 3.63) is 50.9 Å². The molecule has 1 aromatic carbocycles. The number of hydrogen-bond acceptors (Lipinski definition) is 3.